The first kappa shape index (κ1) is 21.1. The minimum absolute atomic E-state index is 0.144. The Morgan fingerprint density at radius 2 is 1.90 bits per heavy atom. The van der Waals surface area contributed by atoms with E-state index in [0.717, 1.165) is 25.7 Å². The number of rotatable bonds is 7. The van der Waals surface area contributed by atoms with E-state index in [0.29, 0.717) is 0 Å². The van der Waals surface area contributed by atoms with Crippen LogP contribution in [0, 0.1) is 6.92 Å². The van der Waals surface area contributed by atoms with Crippen LogP contribution in [0.15, 0.2) is 76.5 Å². The molecule has 156 valence electrons. The van der Waals surface area contributed by atoms with Gasteiger partial charge in [-0.15, -0.1) is 11.3 Å². The molecule has 0 unspecified atom stereocenters. The molecule has 7 heteroatoms. The van der Waals surface area contributed by atoms with Crippen LogP contribution in [0.2, 0.25) is 0 Å². The maximum atomic E-state index is 12.4. The predicted octanol–water partition coefficient (Wildman–Crippen LogP) is 5.31. The molecule has 5 nitrogen and oxygen atoms in total. The van der Waals surface area contributed by atoms with Gasteiger partial charge in [0.25, 0.3) is 0 Å². The Balaban J connectivity index is 1.40. The minimum atomic E-state index is -0.984. The number of nitrogens with zero attached hydrogens (tertiary/aromatic N) is 1. The van der Waals surface area contributed by atoms with Crippen LogP contribution in [0.1, 0.15) is 26.5 Å². The average molecular weight is 449 g/mol. The van der Waals surface area contributed by atoms with Crippen LogP contribution >= 0.6 is 23.1 Å². The van der Waals surface area contributed by atoms with Gasteiger partial charge in [-0.3, -0.25) is 4.79 Å². The summed E-state index contributed by atoms with van der Waals surface area (Å²) >= 11 is 3.24. The molecule has 2 N–H and O–H groups in total. The number of hydrogen-bond acceptors (Lipinski definition) is 5. The molecule has 0 radical (unpaired) electrons. The number of aromatic carboxylic acids is 1. The van der Waals surface area contributed by atoms with Crippen molar-refractivity contribution in [2.75, 3.05) is 0 Å². The highest BCUT2D eigenvalue weighted by atomic mass is 32.2. The molecule has 4 rings (SSSR count). The molecule has 4 aromatic rings. The molecule has 31 heavy (non-hydrogen) atoms. The Hall–Kier alpha value is -3.16. The predicted molar refractivity (Wildman–Crippen MR) is 124 cm³/mol. The smallest absolute Gasteiger partial charge is 0.335 e. The Kier molecular flexibility index (Phi) is 6.34. The van der Waals surface area contributed by atoms with Crippen molar-refractivity contribution in [2.24, 2.45) is 0 Å². The lowest BCUT2D eigenvalue weighted by Gasteiger charge is -2.05. The third-order valence-electron chi connectivity index (χ3n) is 4.70. The van der Waals surface area contributed by atoms with Crippen molar-refractivity contribution in [2.45, 2.75) is 29.7 Å². The zero-order chi connectivity index (χ0) is 21.8. The number of carbonyl (C=O) groups is 2. The second-order valence-corrected chi connectivity index (χ2v) is 9.29. The largest absolute Gasteiger partial charge is 0.478 e. The van der Waals surface area contributed by atoms with E-state index in [1.54, 1.807) is 30.0 Å². The number of carboxylic acids is 1. The van der Waals surface area contributed by atoms with Crippen LogP contribution < -0.4 is 5.32 Å². The Bertz CT molecular complexity index is 1270. The van der Waals surface area contributed by atoms with Gasteiger partial charge in [0, 0.05) is 16.3 Å². The van der Waals surface area contributed by atoms with Crippen molar-refractivity contribution in [1.82, 2.24) is 10.3 Å². The number of benzene rings is 3. The first-order valence-electron chi connectivity index (χ1n) is 9.70. The molecule has 0 fully saturated rings. The van der Waals surface area contributed by atoms with Crippen molar-refractivity contribution in [3.05, 3.63) is 88.4 Å². The average Bonchev–Trinajstić information content (AvgIpc) is 3.15. The van der Waals surface area contributed by atoms with Crippen LogP contribution in [0.5, 0.6) is 0 Å². The SMILES string of the molecule is Cc1ccccc1Sc1ccc2nc(CC(=O)NCc3cccc(C(=O)O)c3)sc2c1. The van der Waals surface area contributed by atoms with Gasteiger partial charge in [-0.25, -0.2) is 9.78 Å². The van der Waals surface area contributed by atoms with Gasteiger partial charge in [-0.2, -0.15) is 0 Å². The topological polar surface area (TPSA) is 79.3 Å². The number of aromatic nitrogens is 1. The van der Waals surface area contributed by atoms with Gasteiger partial charge in [0.05, 0.1) is 22.2 Å². The third-order valence-corrected chi connectivity index (χ3v) is 6.89. The number of nitrogens with one attached hydrogen (secondary N) is 1. The van der Waals surface area contributed by atoms with Crippen molar-refractivity contribution >= 4 is 45.2 Å². The van der Waals surface area contributed by atoms with Gasteiger partial charge in [-0.1, -0.05) is 42.1 Å². The highest BCUT2D eigenvalue weighted by molar-refractivity contribution is 7.99. The van der Waals surface area contributed by atoms with E-state index in [1.807, 2.05) is 18.2 Å². The van der Waals surface area contributed by atoms with Crippen molar-refractivity contribution in [3.63, 3.8) is 0 Å². The van der Waals surface area contributed by atoms with Gasteiger partial charge in [0.15, 0.2) is 0 Å². The van der Waals surface area contributed by atoms with E-state index < -0.39 is 5.97 Å². The molecular formula is C24H20N2O3S2. The highest BCUT2D eigenvalue weighted by Crippen LogP contribution is 2.33. The number of carbonyl (C=O) groups excluding carboxylic acids is 1. The minimum Gasteiger partial charge on any atom is -0.478 e. The molecule has 0 atom stereocenters. The van der Waals surface area contributed by atoms with Crippen LogP contribution in [0.25, 0.3) is 10.2 Å². The molecular weight excluding hydrogens is 428 g/mol. The highest BCUT2D eigenvalue weighted by Gasteiger charge is 2.11. The number of fused-ring (bicyclic) bond motifs is 1. The molecule has 1 heterocycles. The fourth-order valence-corrected chi connectivity index (χ4v) is 5.13. The summed E-state index contributed by atoms with van der Waals surface area (Å²) in [5.41, 5.74) is 3.08. The molecule has 1 aromatic heterocycles. The maximum Gasteiger partial charge on any atom is 0.335 e. The number of aryl methyl sites for hydroxylation is 1. The molecule has 0 bridgehead atoms. The Morgan fingerprint density at radius 3 is 2.71 bits per heavy atom. The van der Waals surface area contributed by atoms with Crippen molar-refractivity contribution < 1.29 is 14.7 Å². The fourth-order valence-electron chi connectivity index (χ4n) is 3.10. The number of thiazole rings is 1. The van der Waals surface area contributed by atoms with Gasteiger partial charge < -0.3 is 10.4 Å². The van der Waals surface area contributed by atoms with Gasteiger partial charge in [0.2, 0.25) is 5.91 Å². The summed E-state index contributed by atoms with van der Waals surface area (Å²) in [4.78, 5) is 30.4. The summed E-state index contributed by atoms with van der Waals surface area (Å²) in [6.07, 6.45) is 0.193. The first-order chi connectivity index (χ1) is 15.0. The van der Waals surface area contributed by atoms with Gasteiger partial charge in [-0.05, 0) is 54.4 Å². The molecule has 0 saturated carbocycles. The van der Waals surface area contributed by atoms with Crippen LogP contribution in [0.4, 0.5) is 0 Å². The van der Waals surface area contributed by atoms with E-state index >= 15 is 0 Å². The summed E-state index contributed by atoms with van der Waals surface area (Å²) < 4.78 is 1.05. The summed E-state index contributed by atoms with van der Waals surface area (Å²) in [5, 5.41) is 12.7. The monoisotopic (exact) mass is 448 g/mol. The molecule has 1 amide bonds. The lowest BCUT2D eigenvalue weighted by atomic mass is 10.1. The molecule has 3 aromatic carbocycles. The summed E-state index contributed by atoms with van der Waals surface area (Å²) in [5.74, 6) is -1.13. The number of carboxylic acid groups (broad SMARTS) is 1. The summed E-state index contributed by atoms with van der Waals surface area (Å²) in [6, 6.07) is 21.0. The quantitative estimate of drug-likeness (QED) is 0.400. The fraction of sp³-hybridized carbons (Fsp3) is 0.125. The zero-order valence-electron chi connectivity index (χ0n) is 16.8. The molecule has 0 aliphatic rings. The second-order valence-electron chi connectivity index (χ2n) is 7.06. The van der Waals surface area contributed by atoms with Crippen molar-refractivity contribution in [3.8, 4) is 0 Å². The van der Waals surface area contributed by atoms with Gasteiger partial charge in [0.1, 0.15) is 5.01 Å². The standard InChI is InChI=1S/C24H20N2O3S2/c1-15-5-2-3-8-20(15)30-18-9-10-19-21(12-18)31-23(26-19)13-22(27)25-14-16-6-4-7-17(11-16)24(28)29/h2-12H,13-14H2,1H3,(H,25,27)(H,28,29). The Labute approximate surface area is 188 Å². The third kappa shape index (κ3) is 5.31. The van der Waals surface area contributed by atoms with E-state index in [-0.39, 0.29) is 24.4 Å². The van der Waals surface area contributed by atoms with Gasteiger partial charge >= 0.3 is 5.97 Å². The van der Waals surface area contributed by atoms with E-state index in [4.69, 9.17) is 5.11 Å². The maximum absolute atomic E-state index is 12.4. The molecule has 0 spiro atoms. The van der Waals surface area contributed by atoms with Crippen molar-refractivity contribution in [1.29, 1.82) is 0 Å². The number of hydrogen-bond donors (Lipinski definition) is 2. The lowest BCUT2D eigenvalue weighted by Crippen LogP contribution is -2.24. The zero-order valence-corrected chi connectivity index (χ0v) is 18.4. The van der Waals surface area contributed by atoms with Crippen LogP contribution in [-0.2, 0) is 17.8 Å². The lowest BCUT2D eigenvalue weighted by molar-refractivity contribution is -0.120. The molecule has 0 aliphatic heterocycles. The van der Waals surface area contributed by atoms with E-state index in [2.05, 4.69) is 41.5 Å². The van der Waals surface area contributed by atoms with Crippen LogP contribution in [-0.4, -0.2) is 22.0 Å². The van der Waals surface area contributed by atoms with E-state index in [9.17, 15) is 9.59 Å². The first-order valence-corrected chi connectivity index (χ1v) is 11.3. The number of amides is 1. The van der Waals surface area contributed by atoms with Crippen LogP contribution in [0.3, 0.4) is 0 Å². The Morgan fingerprint density at radius 1 is 1.06 bits per heavy atom. The van der Waals surface area contributed by atoms with E-state index in [1.165, 1.54) is 27.9 Å². The normalized spacial score (nSPS) is 10.9. The summed E-state index contributed by atoms with van der Waals surface area (Å²) in [6.45, 7) is 2.38. The summed E-state index contributed by atoms with van der Waals surface area (Å²) in [7, 11) is 0. The second kappa shape index (κ2) is 9.32. The molecule has 0 saturated heterocycles. The molecule has 0 aliphatic carbocycles.